The molecule has 0 bridgehead atoms. The molecule has 4 nitrogen and oxygen atoms in total. The van der Waals surface area contributed by atoms with Gasteiger partial charge in [0.1, 0.15) is 0 Å². The number of carbonyl (C=O) groups is 1. The number of carboxylic acids is 1. The van der Waals surface area contributed by atoms with Crippen molar-refractivity contribution in [2.75, 3.05) is 11.9 Å². The highest BCUT2D eigenvalue weighted by atomic mass is 32.1. The number of thiazole rings is 1. The van der Waals surface area contributed by atoms with Crippen LogP contribution in [-0.2, 0) is 4.79 Å². The fraction of sp³-hybridized carbons (Fsp3) is 0.692. The SMILES string of the molecule is Cc1csc(NCC2(C(=O)O)CCCCCC2)n1. The molecule has 0 aliphatic heterocycles. The van der Waals surface area contributed by atoms with Gasteiger partial charge in [-0.05, 0) is 19.8 Å². The summed E-state index contributed by atoms with van der Waals surface area (Å²) in [5.74, 6) is -0.662. The number of nitrogens with zero attached hydrogens (tertiary/aromatic N) is 1. The van der Waals surface area contributed by atoms with E-state index in [-0.39, 0.29) is 0 Å². The summed E-state index contributed by atoms with van der Waals surface area (Å²) in [6.45, 7) is 2.44. The third-order valence-electron chi connectivity index (χ3n) is 3.71. The van der Waals surface area contributed by atoms with Crippen molar-refractivity contribution < 1.29 is 9.90 Å². The Bertz CT molecular complexity index is 409. The summed E-state index contributed by atoms with van der Waals surface area (Å²) in [6.07, 6.45) is 5.91. The molecule has 0 radical (unpaired) electrons. The van der Waals surface area contributed by atoms with Crippen LogP contribution in [0.25, 0.3) is 0 Å². The van der Waals surface area contributed by atoms with Gasteiger partial charge in [-0.15, -0.1) is 11.3 Å². The third-order valence-corrected chi connectivity index (χ3v) is 4.63. The van der Waals surface area contributed by atoms with Gasteiger partial charge in [-0.25, -0.2) is 4.98 Å². The van der Waals surface area contributed by atoms with Crippen LogP contribution in [0.4, 0.5) is 5.13 Å². The first-order chi connectivity index (χ1) is 8.62. The quantitative estimate of drug-likeness (QED) is 0.823. The number of aryl methyl sites for hydroxylation is 1. The Hall–Kier alpha value is -1.10. The van der Waals surface area contributed by atoms with Gasteiger partial charge in [0.25, 0.3) is 0 Å². The fourth-order valence-corrected chi connectivity index (χ4v) is 3.24. The van der Waals surface area contributed by atoms with Crippen LogP contribution in [0.2, 0.25) is 0 Å². The largest absolute Gasteiger partial charge is 0.481 e. The van der Waals surface area contributed by atoms with Crippen LogP contribution in [0.5, 0.6) is 0 Å². The first-order valence-electron chi connectivity index (χ1n) is 6.52. The van der Waals surface area contributed by atoms with E-state index in [0.29, 0.717) is 6.54 Å². The summed E-state index contributed by atoms with van der Waals surface area (Å²) in [4.78, 5) is 15.9. The van der Waals surface area contributed by atoms with E-state index in [2.05, 4.69) is 10.3 Å². The number of nitrogens with one attached hydrogen (secondary N) is 1. The van der Waals surface area contributed by atoms with Gasteiger partial charge >= 0.3 is 5.97 Å². The van der Waals surface area contributed by atoms with E-state index in [4.69, 9.17) is 0 Å². The average Bonchev–Trinajstić information content (AvgIpc) is 2.62. The molecule has 5 heteroatoms. The zero-order chi connectivity index (χ0) is 13.0. The zero-order valence-electron chi connectivity index (χ0n) is 10.7. The van der Waals surface area contributed by atoms with E-state index >= 15 is 0 Å². The molecule has 0 spiro atoms. The summed E-state index contributed by atoms with van der Waals surface area (Å²) in [6, 6.07) is 0. The molecule has 1 aliphatic carbocycles. The van der Waals surface area contributed by atoms with E-state index in [1.807, 2.05) is 12.3 Å². The van der Waals surface area contributed by atoms with Crippen molar-refractivity contribution in [2.45, 2.75) is 45.4 Å². The summed E-state index contributed by atoms with van der Waals surface area (Å²) < 4.78 is 0. The molecule has 1 aromatic rings. The second kappa shape index (κ2) is 5.69. The van der Waals surface area contributed by atoms with Crippen molar-refractivity contribution >= 4 is 22.4 Å². The van der Waals surface area contributed by atoms with Gasteiger partial charge in [0, 0.05) is 11.9 Å². The van der Waals surface area contributed by atoms with Gasteiger partial charge in [-0.1, -0.05) is 25.7 Å². The van der Waals surface area contributed by atoms with Crippen molar-refractivity contribution in [1.29, 1.82) is 0 Å². The van der Waals surface area contributed by atoms with Crippen LogP contribution in [0.1, 0.15) is 44.2 Å². The van der Waals surface area contributed by atoms with Crippen molar-refractivity contribution in [3.63, 3.8) is 0 Å². The van der Waals surface area contributed by atoms with Gasteiger partial charge < -0.3 is 10.4 Å². The Labute approximate surface area is 111 Å². The van der Waals surface area contributed by atoms with E-state index in [1.165, 1.54) is 11.3 Å². The molecule has 2 rings (SSSR count). The van der Waals surface area contributed by atoms with Crippen molar-refractivity contribution in [3.05, 3.63) is 11.1 Å². The lowest BCUT2D eigenvalue weighted by Gasteiger charge is -2.28. The van der Waals surface area contributed by atoms with Gasteiger partial charge in [-0.2, -0.15) is 0 Å². The Morgan fingerprint density at radius 1 is 1.44 bits per heavy atom. The molecule has 1 aromatic heterocycles. The second-order valence-corrected chi connectivity index (χ2v) is 6.01. The van der Waals surface area contributed by atoms with Crippen LogP contribution in [0, 0.1) is 12.3 Å². The molecule has 0 saturated heterocycles. The van der Waals surface area contributed by atoms with E-state index in [9.17, 15) is 9.90 Å². The Kier molecular flexibility index (Phi) is 4.22. The number of aromatic nitrogens is 1. The van der Waals surface area contributed by atoms with Crippen LogP contribution in [-0.4, -0.2) is 22.6 Å². The highest BCUT2D eigenvalue weighted by molar-refractivity contribution is 7.13. The van der Waals surface area contributed by atoms with Crippen LogP contribution >= 0.6 is 11.3 Å². The van der Waals surface area contributed by atoms with Gasteiger partial charge in [0.15, 0.2) is 5.13 Å². The minimum absolute atomic E-state index is 0.495. The number of hydrogen-bond donors (Lipinski definition) is 2. The van der Waals surface area contributed by atoms with Gasteiger partial charge in [-0.3, -0.25) is 4.79 Å². The van der Waals surface area contributed by atoms with Crippen LogP contribution in [0.3, 0.4) is 0 Å². The maximum absolute atomic E-state index is 11.6. The predicted octanol–water partition coefficient (Wildman–Crippen LogP) is 3.29. The second-order valence-electron chi connectivity index (χ2n) is 5.15. The molecule has 0 amide bonds. The minimum atomic E-state index is -0.662. The summed E-state index contributed by atoms with van der Waals surface area (Å²) in [5.41, 5.74) is 0.378. The van der Waals surface area contributed by atoms with E-state index in [1.54, 1.807) is 0 Å². The highest BCUT2D eigenvalue weighted by Gasteiger charge is 2.38. The molecule has 18 heavy (non-hydrogen) atoms. The number of hydrogen-bond acceptors (Lipinski definition) is 4. The number of rotatable bonds is 4. The van der Waals surface area contributed by atoms with Crippen molar-refractivity contribution in [2.24, 2.45) is 5.41 Å². The Balaban J connectivity index is 2.03. The lowest BCUT2D eigenvalue weighted by atomic mass is 9.80. The summed E-state index contributed by atoms with van der Waals surface area (Å²) >= 11 is 1.54. The van der Waals surface area contributed by atoms with Gasteiger partial charge in [0.05, 0.1) is 11.1 Å². The molecule has 100 valence electrons. The molecular weight excluding hydrogens is 248 g/mol. The average molecular weight is 268 g/mol. The minimum Gasteiger partial charge on any atom is -0.481 e. The summed E-state index contributed by atoms with van der Waals surface area (Å²) in [5, 5.41) is 15.6. The molecule has 1 fully saturated rings. The number of carboxylic acid groups (broad SMARTS) is 1. The Morgan fingerprint density at radius 2 is 2.11 bits per heavy atom. The number of aliphatic carboxylic acids is 1. The molecule has 1 saturated carbocycles. The summed E-state index contributed by atoms with van der Waals surface area (Å²) in [7, 11) is 0. The monoisotopic (exact) mass is 268 g/mol. The Morgan fingerprint density at radius 3 is 2.61 bits per heavy atom. The maximum Gasteiger partial charge on any atom is 0.311 e. The lowest BCUT2D eigenvalue weighted by molar-refractivity contribution is -0.149. The fourth-order valence-electron chi connectivity index (χ4n) is 2.55. The predicted molar refractivity (Wildman–Crippen MR) is 73.1 cm³/mol. The first kappa shape index (κ1) is 13.3. The molecule has 0 unspecified atom stereocenters. The lowest BCUT2D eigenvalue weighted by Crippen LogP contribution is -2.37. The molecule has 0 atom stereocenters. The molecule has 1 heterocycles. The molecule has 0 aromatic carbocycles. The molecular formula is C13H20N2O2S. The zero-order valence-corrected chi connectivity index (χ0v) is 11.6. The van der Waals surface area contributed by atoms with Crippen molar-refractivity contribution in [1.82, 2.24) is 4.98 Å². The molecule has 2 N–H and O–H groups in total. The highest BCUT2D eigenvalue weighted by Crippen LogP contribution is 2.35. The standard InChI is InChI=1S/C13H20N2O2S/c1-10-8-18-12(15-10)14-9-13(11(16)17)6-4-2-3-5-7-13/h8H,2-7,9H2,1H3,(H,14,15)(H,16,17). The van der Waals surface area contributed by atoms with Crippen LogP contribution < -0.4 is 5.32 Å². The first-order valence-corrected chi connectivity index (χ1v) is 7.40. The van der Waals surface area contributed by atoms with Gasteiger partial charge in [0.2, 0.25) is 0 Å². The van der Waals surface area contributed by atoms with E-state index in [0.717, 1.165) is 49.4 Å². The normalized spacial score (nSPS) is 19.2. The third kappa shape index (κ3) is 3.02. The topological polar surface area (TPSA) is 62.2 Å². The smallest absolute Gasteiger partial charge is 0.311 e. The number of anilines is 1. The maximum atomic E-state index is 11.6. The van der Waals surface area contributed by atoms with E-state index < -0.39 is 11.4 Å². The van der Waals surface area contributed by atoms with Crippen molar-refractivity contribution in [3.8, 4) is 0 Å². The van der Waals surface area contributed by atoms with Crippen LogP contribution in [0.15, 0.2) is 5.38 Å². The molecule has 1 aliphatic rings.